The minimum atomic E-state index is -0.996. The summed E-state index contributed by atoms with van der Waals surface area (Å²) in [6, 6.07) is 0. The van der Waals surface area contributed by atoms with E-state index < -0.39 is 5.97 Å². The SMILES string of the molecule is CCCCCCCCCCCC(=O)OCCOCCOCCOCCOCCOCCOCCOCCOCC(=O)O. The number of carbonyl (C=O) groups is 2. The number of aliphatic carboxylic acids is 1. The van der Waals surface area contributed by atoms with Gasteiger partial charge in [0.15, 0.2) is 0 Å². The van der Waals surface area contributed by atoms with Gasteiger partial charge < -0.3 is 47.7 Å². The van der Waals surface area contributed by atoms with Crippen molar-refractivity contribution in [3.8, 4) is 0 Å². The van der Waals surface area contributed by atoms with Crippen molar-refractivity contribution in [1.82, 2.24) is 0 Å². The van der Waals surface area contributed by atoms with Crippen LogP contribution in [0.5, 0.6) is 0 Å². The van der Waals surface area contributed by atoms with Crippen molar-refractivity contribution in [2.45, 2.75) is 71.1 Å². The van der Waals surface area contributed by atoms with E-state index in [-0.39, 0.29) is 25.8 Å². The summed E-state index contributed by atoms with van der Waals surface area (Å²) in [4.78, 5) is 22.0. The van der Waals surface area contributed by atoms with Crippen molar-refractivity contribution < 1.29 is 57.3 Å². The molecule has 0 amide bonds. The minimum Gasteiger partial charge on any atom is -0.480 e. The molecule has 0 aromatic rings. The summed E-state index contributed by atoms with van der Waals surface area (Å²) in [5.74, 6) is -1.14. The highest BCUT2D eigenvalue weighted by Crippen LogP contribution is 2.10. The summed E-state index contributed by atoms with van der Waals surface area (Å²) in [6.45, 7) is 8.69. The van der Waals surface area contributed by atoms with Gasteiger partial charge in [-0.1, -0.05) is 58.3 Å². The average molecular weight is 611 g/mol. The van der Waals surface area contributed by atoms with Gasteiger partial charge in [-0.2, -0.15) is 0 Å². The van der Waals surface area contributed by atoms with Crippen LogP contribution in [-0.2, 0) is 52.2 Å². The molecule has 0 aliphatic rings. The molecule has 0 aliphatic carbocycles. The Morgan fingerprint density at radius 3 is 1.10 bits per heavy atom. The maximum absolute atomic E-state index is 11.7. The first kappa shape index (κ1) is 40.6. The smallest absolute Gasteiger partial charge is 0.329 e. The van der Waals surface area contributed by atoms with Crippen molar-refractivity contribution in [3.05, 3.63) is 0 Å². The Morgan fingerprint density at radius 2 is 0.738 bits per heavy atom. The second kappa shape index (κ2) is 35.8. The first-order chi connectivity index (χ1) is 20.7. The van der Waals surface area contributed by atoms with E-state index in [9.17, 15) is 9.59 Å². The molecule has 0 spiro atoms. The summed E-state index contributed by atoms with van der Waals surface area (Å²) in [7, 11) is 0. The molecule has 0 fully saturated rings. The van der Waals surface area contributed by atoms with Crippen LogP contribution >= 0.6 is 0 Å². The van der Waals surface area contributed by atoms with Crippen LogP contribution in [0.2, 0.25) is 0 Å². The molecule has 0 saturated carbocycles. The highest BCUT2D eigenvalue weighted by atomic mass is 16.6. The summed E-state index contributed by atoms with van der Waals surface area (Å²) in [5, 5.41) is 8.42. The lowest BCUT2D eigenvalue weighted by molar-refractivity contribution is -0.145. The van der Waals surface area contributed by atoms with Gasteiger partial charge in [-0.15, -0.1) is 0 Å². The lowest BCUT2D eigenvalue weighted by atomic mass is 10.1. The van der Waals surface area contributed by atoms with E-state index in [1.165, 1.54) is 44.9 Å². The van der Waals surface area contributed by atoms with Crippen LogP contribution < -0.4 is 0 Å². The number of rotatable bonds is 36. The molecule has 250 valence electrons. The van der Waals surface area contributed by atoms with Gasteiger partial charge in [-0.25, -0.2) is 4.79 Å². The van der Waals surface area contributed by atoms with E-state index in [1.54, 1.807) is 0 Å². The number of hydrogen-bond donors (Lipinski definition) is 1. The van der Waals surface area contributed by atoms with E-state index in [1.807, 2.05) is 0 Å². The molecular formula is C30H58O12. The Bertz CT molecular complexity index is 564. The summed E-state index contributed by atoms with van der Waals surface area (Å²) < 4.78 is 47.8. The third-order valence-corrected chi connectivity index (χ3v) is 5.80. The number of carboxylic acid groups (broad SMARTS) is 1. The molecule has 0 aromatic carbocycles. The second-order valence-electron chi connectivity index (χ2n) is 9.53. The van der Waals surface area contributed by atoms with Gasteiger partial charge >= 0.3 is 11.9 Å². The third-order valence-electron chi connectivity index (χ3n) is 5.80. The predicted octanol–water partition coefficient (Wildman–Crippen LogP) is 3.67. The van der Waals surface area contributed by atoms with Crippen LogP contribution in [0.25, 0.3) is 0 Å². The van der Waals surface area contributed by atoms with E-state index in [4.69, 9.17) is 47.7 Å². The van der Waals surface area contributed by atoms with Crippen LogP contribution in [0.15, 0.2) is 0 Å². The maximum Gasteiger partial charge on any atom is 0.329 e. The van der Waals surface area contributed by atoms with E-state index >= 15 is 0 Å². The van der Waals surface area contributed by atoms with Gasteiger partial charge in [0.25, 0.3) is 0 Å². The lowest BCUT2D eigenvalue weighted by Gasteiger charge is -2.09. The van der Waals surface area contributed by atoms with Crippen LogP contribution in [0.1, 0.15) is 71.1 Å². The van der Waals surface area contributed by atoms with Crippen LogP contribution in [-0.4, -0.2) is 129 Å². The average Bonchev–Trinajstić information content (AvgIpc) is 2.98. The Balaban J connectivity index is 3.12. The highest BCUT2D eigenvalue weighted by molar-refractivity contribution is 5.69. The molecule has 0 rings (SSSR count). The van der Waals surface area contributed by atoms with Crippen molar-refractivity contribution in [3.63, 3.8) is 0 Å². The topological polar surface area (TPSA) is 137 Å². The normalized spacial score (nSPS) is 11.3. The fourth-order valence-electron chi connectivity index (χ4n) is 3.57. The fraction of sp³-hybridized carbons (Fsp3) is 0.933. The molecule has 0 aromatic heterocycles. The molecule has 0 saturated heterocycles. The molecule has 0 aliphatic heterocycles. The Hall–Kier alpha value is -1.38. The number of esters is 1. The van der Waals surface area contributed by atoms with Crippen LogP contribution in [0.3, 0.4) is 0 Å². The largest absolute Gasteiger partial charge is 0.480 e. The van der Waals surface area contributed by atoms with E-state index in [0.717, 1.165) is 12.8 Å². The van der Waals surface area contributed by atoms with Gasteiger partial charge in [0, 0.05) is 6.42 Å². The number of ether oxygens (including phenoxy) is 9. The quantitative estimate of drug-likeness (QED) is 0.0818. The zero-order valence-corrected chi connectivity index (χ0v) is 26.0. The van der Waals surface area contributed by atoms with Gasteiger partial charge in [-0.3, -0.25) is 4.79 Å². The van der Waals surface area contributed by atoms with Crippen molar-refractivity contribution in [2.75, 3.05) is 112 Å². The molecule has 0 heterocycles. The number of hydrogen-bond acceptors (Lipinski definition) is 11. The first-order valence-corrected chi connectivity index (χ1v) is 15.7. The molecule has 0 atom stereocenters. The molecule has 12 nitrogen and oxygen atoms in total. The van der Waals surface area contributed by atoms with Crippen molar-refractivity contribution in [2.24, 2.45) is 0 Å². The lowest BCUT2D eigenvalue weighted by Crippen LogP contribution is -2.15. The van der Waals surface area contributed by atoms with Crippen molar-refractivity contribution in [1.29, 1.82) is 0 Å². The van der Waals surface area contributed by atoms with Crippen LogP contribution in [0.4, 0.5) is 0 Å². The summed E-state index contributed by atoms with van der Waals surface area (Å²) in [5.41, 5.74) is 0. The predicted molar refractivity (Wildman–Crippen MR) is 157 cm³/mol. The summed E-state index contributed by atoms with van der Waals surface area (Å²) >= 11 is 0. The Labute approximate surface area is 252 Å². The van der Waals surface area contributed by atoms with Crippen molar-refractivity contribution >= 4 is 11.9 Å². The van der Waals surface area contributed by atoms with Gasteiger partial charge in [0.05, 0.1) is 99.1 Å². The number of unbranched alkanes of at least 4 members (excludes halogenated alkanes) is 8. The maximum atomic E-state index is 11.7. The second-order valence-corrected chi connectivity index (χ2v) is 9.53. The van der Waals surface area contributed by atoms with E-state index in [0.29, 0.717) is 98.9 Å². The van der Waals surface area contributed by atoms with Crippen LogP contribution in [0, 0.1) is 0 Å². The monoisotopic (exact) mass is 610 g/mol. The summed E-state index contributed by atoms with van der Waals surface area (Å²) in [6.07, 6.45) is 11.6. The molecule has 42 heavy (non-hydrogen) atoms. The zero-order valence-electron chi connectivity index (χ0n) is 26.0. The van der Waals surface area contributed by atoms with E-state index in [2.05, 4.69) is 6.92 Å². The molecule has 0 bridgehead atoms. The number of carbonyl (C=O) groups excluding carboxylic acids is 1. The molecule has 0 radical (unpaired) electrons. The molecular weight excluding hydrogens is 552 g/mol. The fourth-order valence-corrected chi connectivity index (χ4v) is 3.57. The number of carboxylic acids is 1. The van der Waals surface area contributed by atoms with Gasteiger partial charge in [0.2, 0.25) is 0 Å². The third kappa shape index (κ3) is 36.6. The Kier molecular flexibility index (Phi) is 34.6. The standard InChI is InChI=1S/C30H58O12/c1-2-3-4-5-6-7-8-9-10-11-30(33)42-27-26-40-23-22-38-19-18-36-15-14-34-12-13-35-16-17-37-20-21-39-24-25-41-28-29(31)32/h2-28H2,1H3,(H,31,32). The first-order valence-electron chi connectivity index (χ1n) is 15.7. The van der Waals surface area contributed by atoms with Gasteiger partial charge in [-0.05, 0) is 6.42 Å². The zero-order chi connectivity index (χ0) is 30.6. The molecule has 0 unspecified atom stereocenters. The highest BCUT2D eigenvalue weighted by Gasteiger charge is 2.03. The minimum absolute atomic E-state index is 0.143. The Morgan fingerprint density at radius 1 is 0.429 bits per heavy atom. The molecule has 12 heteroatoms. The molecule has 1 N–H and O–H groups in total. The van der Waals surface area contributed by atoms with Gasteiger partial charge in [0.1, 0.15) is 13.2 Å².